The van der Waals surface area contributed by atoms with Crippen LogP contribution >= 0.6 is 0 Å². The molecule has 0 spiro atoms. The van der Waals surface area contributed by atoms with Gasteiger partial charge in [-0.15, -0.1) is 0 Å². The molecule has 2 aliphatic carbocycles. The van der Waals surface area contributed by atoms with Crippen molar-refractivity contribution < 1.29 is 28.6 Å². The van der Waals surface area contributed by atoms with Crippen LogP contribution in [0.15, 0.2) is 17.1 Å². The maximum Gasteiger partial charge on any atom is 0.408 e. The third kappa shape index (κ3) is 3.65. The number of hydrogen-bond acceptors (Lipinski definition) is 6. The zero-order chi connectivity index (χ0) is 24.6. The Kier molecular flexibility index (Phi) is 4.86. The lowest BCUT2D eigenvalue weighted by Crippen LogP contribution is -2.44. The van der Waals surface area contributed by atoms with Crippen molar-refractivity contribution >= 4 is 28.7 Å². The molecule has 3 fully saturated rings. The summed E-state index contributed by atoms with van der Waals surface area (Å²) in [5, 5.41) is 12.4. The highest BCUT2D eigenvalue weighted by atomic mass is 19.1. The maximum absolute atomic E-state index is 15.5. The number of nitrogens with zero attached hydrogens (tertiary/aromatic N) is 2. The van der Waals surface area contributed by atoms with Gasteiger partial charge >= 0.3 is 12.1 Å². The van der Waals surface area contributed by atoms with Crippen LogP contribution in [0.25, 0.3) is 10.9 Å². The van der Waals surface area contributed by atoms with Crippen molar-refractivity contribution in [2.45, 2.75) is 57.2 Å². The average molecular weight is 474 g/mol. The monoisotopic (exact) mass is 473 g/mol. The Labute approximate surface area is 195 Å². The summed E-state index contributed by atoms with van der Waals surface area (Å²) in [4.78, 5) is 38.7. The fourth-order valence-electron chi connectivity index (χ4n) is 5.08. The first-order chi connectivity index (χ1) is 15.9. The number of carboxylic acid groups (broad SMARTS) is 1. The molecule has 5 rings (SSSR count). The van der Waals surface area contributed by atoms with E-state index in [4.69, 9.17) is 9.47 Å². The van der Waals surface area contributed by atoms with E-state index in [9.17, 15) is 19.5 Å². The van der Waals surface area contributed by atoms with Crippen molar-refractivity contribution in [2.24, 2.45) is 5.92 Å². The number of methoxy groups -OCH3 is 1. The molecule has 2 heterocycles. The molecule has 34 heavy (non-hydrogen) atoms. The van der Waals surface area contributed by atoms with E-state index in [0.717, 1.165) is 25.3 Å². The van der Waals surface area contributed by atoms with Crippen molar-refractivity contribution in [1.29, 1.82) is 0 Å². The molecular weight excluding hydrogens is 445 g/mol. The first-order valence-corrected chi connectivity index (χ1v) is 11.4. The molecule has 1 aromatic carbocycles. The van der Waals surface area contributed by atoms with Crippen LogP contribution in [0.4, 0.5) is 14.9 Å². The third-order valence-corrected chi connectivity index (χ3v) is 6.78. The fraction of sp³-hybridized carbons (Fsp3) is 0.542. The number of aromatic carboxylic acids is 1. The first kappa shape index (κ1) is 22.5. The largest absolute Gasteiger partial charge is 0.492 e. The summed E-state index contributed by atoms with van der Waals surface area (Å²) < 4.78 is 28.3. The lowest BCUT2D eigenvalue weighted by molar-refractivity contribution is 0.0497. The predicted molar refractivity (Wildman–Crippen MR) is 122 cm³/mol. The molecule has 182 valence electrons. The Hall–Kier alpha value is -3.30. The predicted octanol–water partition coefficient (Wildman–Crippen LogP) is 3.29. The highest BCUT2D eigenvalue weighted by Gasteiger charge is 2.62. The van der Waals surface area contributed by atoms with Gasteiger partial charge in [0.05, 0.1) is 23.6 Å². The van der Waals surface area contributed by atoms with E-state index in [2.05, 4.69) is 5.32 Å². The summed E-state index contributed by atoms with van der Waals surface area (Å²) in [6.07, 6.45) is 3.27. The van der Waals surface area contributed by atoms with Crippen molar-refractivity contribution in [3.63, 3.8) is 0 Å². The number of amides is 1. The molecule has 1 aromatic heterocycles. The molecule has 2 unspecified atom stereocenters. The number of carbonyl (C=O) groups excluding carboxylic acids is 1. The molecule has 0 radical (unpaired) electrons. The number of aromatic nitrogens is 1. The molecule has 10 heteroatoms. The van der Waals surface area contributed by atoms with Gasteiger partial charge in [-0.2, -0.15) is 0 Å². The van der Waals surface area contributed by atoms with Gasteiger partial charge in [0.1, 0.15) is 16.9 Å². The molecule has 2 N–H and O–H groups in total. The second kappa shape index (κ2) is 7.35. The number of halogens is 1. The average Bonchev–Trinajstić information content (AvgIpc) is 3.64. The Bertz CT molecular complexity index is 1280. The molecule has 3 aliphatic rings. The number of alkyl carbamates (subject to hydrolysis) is 1. The second-order valence-electron chi connectivity index (χ2n) is 10.5. The van der Waals surface area contributed by atoms with E-state index in [0.29, 0.717) is 18.6 Å². The third-order valence-electron chi connectivity index (χ3n) is 6.78. The van der Waals surface area contributed by atoms with E-state index in [1.807, 2.05) is 4.90 Å². The van der Waals surface area contributed by atoms with Crippen molar-refractivity contribution in [3.8, 4) is 5.75 Å². The van der Waals surface area contributed by atoms with Crippen LogP contribution in [0.1, 0.15) is 56.4 Å². The van der Waals surface area contributed by atoms with Crippen LogP contribution in [-0.4, -0.2) is 53.1 Å². The molecule has 2 atom stereocenters. The maximum atomic E-state index is 15.5. The number of carbonyl (C=O) groups is 2. The number of benzene rings is 1. The number of rotatable bonds is 5. The fourth-order valence-corrected chi connectivity index (χ4v) is 5.08. The second-order valence-corrected chi connectivity index (χ2v) is 10.5. The van der Waals surface area contributed by atoms with Gasteiger partial charge in [-0.25, -0.2) is 14.0 Å². The summed E-state index contributed by atoms with van der Waals surface area (Å²) in [7, 11) is 1.41. The van der Waals surface area contributed by atoms with Gasteiger partial charge in [-0.05, 0) is 46.1 Å². The van der Waals surface area contributed by atoms with Crippen molar-refractivity contribution in [1.82, 2.24) is 9.88 Å². The number of nitrogens with one attached hydrogen (secondary N) is 1. The Balaban J connectivity index is 1.55. The number of fused-ring (bicyclic) bond motifs is 2. The van der Waals surface area contributed by atoms with Gasteiger partial charge in [-0.3, -0.25) is 4.79 Å². The van der Waals surface area contributed by atoms with Crippen molar-refractivity contribution in [3.05, 3.63) is 33.9 Å². The van der Waals surface area contributed by atoms with Gasteiger partial charge in [0.2, 0.25) is 5.43 Å². The normalized spacial score (nSPS) is 23.6. The number of piperidine rings is 1. The molecular formula is C24H28FN3O6. The number of anilines is 1. The Morgan fingerprint density at radius 2 is 2.00 bits per heavy atom. The zero-order valence-electron chi connectivity index (χ0n) is 19.6. The van der Waals surface area contributed by atoms with Crippen LogP contribution < -0.4 is 20.4 Å². The molecule has 2 saturated carbocycles. The summed E-state index contributed by atoms with van der Waals surface area (Å²) in [5.41, 5.74) is -1.65. The minimum absolute atomic E-state index is 0.0177. The molecule has 1 saturated heterocycles. The van der Waals surface area contributed by atoms with Crippen LogP contribution in [0.3, 0.4) is 0 Å². The van der Waals surface area contributed by atoms with Crippen molar-refractivity contribution in [2.75, 3.05) is 25.1 Å². The lowest BCUT2D eigenvalue weighted by atomic mass is 10.1. The molecule has 1 amide bonds. The lowest BCUT2D eigenvalue weighted by Gasteiger charge is -2.28. The highest BCUT2D eigenvalue weighted by Crippen LogP contribution is 2.53. The summed E-state index contributed by atoms with van der Waals surface area (Å²) in [6, 6.07) is 1.14. The molecule has 2 aromatic rings. The topological polar surface area (TPSA) is 110 Å². The number of carboxylic acids is 1. The van der Waals surface area contributed by atoms with E-state index < -0.39 is 40.0 Å². The zero-order valence-corrected chi connectivity index (χ0v) is 19.6. The smallest absolute Gasteiger partial charge is 0.408 e. The van der Waals surface area contributed by atoms with Crippen LogP contribution in [0.5, 0.6) is 5.75 Å². The Morgan fingerprint density at radius 1 is 1.29 bits per heavy atom. The van der Waals surface area contributed by atoms with Gasteiger partial charge in [0.15, 0.2) is 11.6 Å². The van der Waals surface area contributed by atoms with Gasteiger partial charge < -0.3 is 29.4 Å². The number of hydrogen-bond donors (Lipinski definition) is 2. The van der Waals surface area contributed by atoms with E-state index in [-0.39, 0.29) is 28.8 Å². The number of pyridine rings is 1. The van der Waals surface area contributed by atoms with Crippen LogP contribution in [-0.2, 0) is 4.74 Å². The highest BCUT2D eigenvalue weighted by molar-refractivity contribution is 5.97. The standard InChI is InChI=1S/C24H28FN3O6/c1-23(2,3)34-22(32)26-24-8-12(24)9-27(11-24)18-16(25)7-14-17(20(18)33-4)28(13-5-6-13)10-15(19(14)29)21(30)31/h7,10,12-13H,5-6,8-9,11H2,1-4H3,(H,26,32)(H,30,31). The van der Waals surface area contributed by atoms with E-state index in [1.165, 1.54) is 13.3 Å². The van der Waals surface area contributed by atoms with Gasteiger partial charge in [-0.1, -0.05) is 0 Å². The van der Waals surface area contributed by atoms with E-state index in [1.54, 1.807) is 25.3 Å². The minimum Gasteiger partial charge on any atom is -0.492 e. The number of ether oxygens (including phenoxy) is 2. The quantitative estimate of drug-likeness (QED) is 0.686. The minimum atomic E-state index is -1.35. The molecule has 1 aliphatic heterocycles. The van der Waals surface area contributed by atoms with Crippen LogP contribution in [0.2, 0.25) is 0 Å². The molecule has 0 bridgehead atoms. The van der Waals surface area contributed by atoms with E-state index >= 15 is 4.39 Å². The summed E-state index contributed by atoms with van der Waals surface area (Å²) >= 11 is 0. The Morgan fingerprint density at radius 3 is 2.59 bits per heavy atom. The molecule has 9 nitrogen and oxygen atoms in total. The first-order valence-electron chi connectivity index (χ1n) is 11.4. The summed E-state index contributed by atoms with van der Waals surface area (Å²) in [6.45, 7) is 6.26. The SMILES string of the molecule is COc1c(N2CC3CC3(NC(=O)OC(C)(C)C)C2)c(F)cc2c(=O)c(C(=O)O)cn(C3CC3)c12. The summed E-state index contributed by atoms with van der Waals surface area (Å²) in [5.74, 6) is -1.68. The van der Waals surface area contributed by atoms with Gasteiger partial charge in [0, 0.05) is 31.2 Å². The van der Waals surface area contributed by atoms with Gasteiger partial charge in [0.25, 0.3) is 0 Å². The van der Waals surface area contributed by atoms with Crippen LogP contribution in [0, 0.1) is 11.7 Å².